The third kappa shape index (κ3) is 7.46. The molecule has 2 aromatic carbocycles. The van der Waals surface area contributed by atoms with Crippen molar-refractivity contribution in [3.05, 3.63) is 55.9 Å². The Hall–Kier alpha value is -1.88. The number of hydrogen-bond acceptors (Lipinski definition) is 5. The molecule has 3 N–H and O–H groups in total. The molecule has 0 radical (unpaired) electrons. The van der Waals surface area contributed by atoms with E-state index in [0.717, 1.165) is 4.47 Å². The minimum Gasteiger partial charge on any atom is -0.493 e. The second-order valence-electron chi connectivity index (χ2n) is 5.40. The Bertz CT molecular complexity index is 930. The molecule has 29 heavy (non-hydrogen) atoms. The highest BCUT2D eigenvalue weighted by Crippen LogP contribution is 2.27. The number of benzene rings is 2. The van der Waals surface area contributed by atoms with Crippen molar-refractivity contribution in [3.8, 4) is 11.5 Å². The molecule has 0 aromatic heterocycles. The molecular weight excluding hydrogens is 550 g/mol. The van der Waals surface area contributed by atoms with Gasteiger partial charge in [-0.3, -0.25) is 25.8 Å². The van der Waals surface area contributed by atoms with Crippen LogP contribution >= 0.6 is 55.7 Å². The summed E-state index contributed by atoms with van der Waals surface area (Å²) in [5, 5.41) is 2.75. The van der Waals surface area contributed by atoms with Crippen LogP contribution in [0.5, 0.6) is 11.5 Å². The van der Waals surface area contributed by atoms with E-state index in [1.807, 2.05) is 6.92 Å². The van der Waals surface area contributed by atoms with Gasteiger partial charge in [0.25, 0.3) is 11.8 Å². The Labute approximate surface area is 194 Å². The second kappa shape index (κ2) is 11.3. The standard InChI is InChI=1S/C18H16Br2ClN3O4S/c1-2-27-14-5-3-10(7-12(14)20)17(26)22-18(29)24-23-16(25)9-28-15-6-4-11(19)8-13(15)21/h3-8H,2,9H2,1H3,(H,23,25)(H2,22,24,26,29). The number of hydrazine groups is 1. The minimum atomic E-state index is -0.510. The number of halogens is 3. The molecule has 2 amide bonds. The van der Waals surface area contributed by atoms with E-state index >= 15 is 0 Å². The predicted octanol–water partition coefficient (Wildman–Crippen LogP) is 3.98. The number of carbonyl (C=O) groups excluding carboxylic acids is 2. The molecule has 2 rings (SSSR count). The maximum atomic E-state index is 12.2. The van der Waals surface area contributed by atoms with Crippen LogP contribution in [0.25, 0.3) is 0 Å². The van der Waals surface area contributed by atoms with Gasteiger partial charge in [0.2, 0.25) is 0 Å². The van der Waals surface area contributed by atoms with Gasteiger partial charge in [0, 0.05) is 10.0 Å². The zero-order valence-corrected chi connectivity index (χ0v) is 19.8. The molecule has 0 aliphatic carbocycles. The Morgan fingerprint density at radius 3 is 2.45 bits per heavy atom. The smallest absolute Gasteiger partial charge is 0.276 e. The van der Waals surface area contributed by atoms with Gasteiger partial charge in [0.1, 0.15) is 11.5 Å². The van der Waals surface area contributed by atoms with E-state index in [1.165, 1.54) is 0 Å². The number of hydrogen-bond donors (Lipinski definition) is 3. The molecular formula is C18H16Br2ClN3O4S. The summed E-state index contributed by atoms with van der Waals surface area (Å²) in [6.07, 6.45) is 0. The van der Waals surface area contributed by atoms with Gasteiger partial charge in [-0.25, -0.2) is 0 Å². The van der Waals surface area contributed by atoms with E-state index in [0.29, 0.717) is 33.2 Å². The summed E-state index contributed by atoms with van der Waals surface area (Å²) in [5.41, 5.74) is 5.12. The molecule has 0 heterocycles. The normalized spacial score (nSPS) is 10.1. The maximum Gasteiger partial charge on any atom is 0.276 e. The molecule has 0 atom stereocenters. The molecule has 154 valence electrons. The minimum absolute atomic E-state index is 0.0740. The van der Waals surface area contributed by atoms with Gasteiger partial charge in [0.05, 0.1) is 16.1 Å². The Kier molecular flexibility index (Phi) is 9.15. The fourth-order valence-electron chi connectivity index (χ4n) is 2.02. The molecule has 11 heteroatoms. The lowest BCUT2D eigenvalue weighted by Gasteiger charge is -2.12. The quantitative estimate of drug-likeness (QED) is 0.363. The molecule has 2 aromatic rings. The zero-order chi connectivity index (χ0) is 21.4. The molecule has 0 bridgehead atoms. The van der Waals surface area contributed by atoms with Crippen LogP contribution in [0.4, 0.5) is 0 Å². The fraction of sp³-hybridized carbons (Fsp3) is 0.167. The fourth-order valence-corrected chi connectivity index (χ4v) is 3.38. The molecule has 0 aliphatic rings. The highest BCUT2D eigenvalue weighted by atomic mass is 79.9. The van der Waals surface area contributed by atoms with Gasteiger partial charge in [-0.15, -0.1) is 0 Å². The number of thiocarbonyl (C=S) groups is 1. The molecule has 0 saturated carbocycles. The SMILES string of the molecule is CCOc1ccc(C(=O)NC(=S)NNC(=O)COc2ccc(Br)cc2Cl)cc1Br. The second-order valence-corrected chi connectivity index (χ2v) is 7.98. The van der Waals surface area contributed by atoms with Gasteiger partial charge in [-0.2, -0.15) is 0 Å². The van der Waals surface area contributed by atoms with Crippen molar-refractivity contribution in [1.29, 1.82) is 0 Å². The molecule has 0 fully saturated rings. The first-order valence-corrected chi connectivity index (χ1v) is 10.6. The number of rotatable bonds is 6. The van der Waals surface area contributed by atoms with Crippen LogP contribution in [0.1, 0.15) is 17.3 Å². The van der Waals surface area contributed by atoms with Crippen LogP contribution < -0.4 is 25.6 Å². The van der Waals surface area contributed by atoms with Crippen molar-refractivity contribution in [2.24, 2.45) is 0 Å². The van der Waals surface area contributed by atoms with E-state index in [-0.39, 0.29) is 11.7 Å². The number of amides is 2. The summed E-state index contributed by atoms with van der Waals surface area (Å²) in [6, 6.07) is 9.90. The third-order valence-electron chi connectivity index (χ3n) is 3.29. The van der Waals surface area contributed by atoms with E-state index < -0.39 is 11.8 Å². The molecule has 0 aliphatic heterocycles. The Morgan fingerprint density at radius 1 is 1.07 bits per heavy atom. The van der Waals surface area contributed by atoms with E-state index in [2.05, 4.69) is 48.0 Å². The Balaban J connectivity index is 1.79. The first-order valence-electron chi connectivity index (χ1n) is 8.20. The van der Waals surface area contributed by atoms with E-state index in [1.54, 1.807) is 36.4 Å². The molecule has 7 nitrogen and oxygen atoms in total. The van der Waals surface area contributed by atoms with Crippen LogP contribution in [-0.4, -0.2) is 30.1 Å². The lowest BCUT2D eigenvalue weighted by atomic mass is 10.2. The van der Waals surface area contributed by atoms with Crippen molar-refractivity contribution in [2.45, 2.75) is 6.92 Å². The number of ether oxygens (including phenoxy) is 2. The summed E-state index contributed by atoms with van der Waals surface area (Å²) >= 11 is 17.6. The predicted molar refractivity (Wildman–Crippen MR) is 121 cm³/mol. The summed E-state index contributed by atoms with van der Waals surface area (Å²) in [6.45, 7) is 2.08. The molecule has 0 spiro atoms. The lowest BCUT2D eigenvalue weighted by Crippen LogP contribution is -2.49. The summed E-state index contributed by atoms with van der Waals surface area (Å²) < 4.78 is 12.2. The topological polar surface area (TPSA) is 88.7 Å². The average Bonchev–Trinajstić information content (AvgIpc) is 2.67. The van der Waals surface area contributed by atoms with Crippen molar-refractivity contribution < 1.29 is 19.1 Å². The first-order chi connectivity index (χ1) is 13.8. The lowest BCUT2D eigenvalue weighted by molar-refractivity contribution is -0.123. The van der Waals surface area contributed by atoms with Crippen LogP contribution in [0.3, 0.4) is 0 Å². The summed E-state index contributed by atoms with van der Waals surface area (Å²) in [5.74, 6) is 0.0349. The van der Waals surface area contributed by atoms with Crippen molar-refractivity contribution in [2.75, 3.05) is 13.2 Å². The number of nitrogens with one attached hydrogen (secondary N) is 3. The van der Waals surface area contributed by atoms with Crippen LogP contribution in [0.15, 0.2) is 45.3 Å². The van der Waals surface area contributed by atoms with Crippen LogP contribution in [0, 0.1) is 0 Å². The third-order valence-corrected chi connectivity index (χ3v) is 4.90. The van der Waals surface area contributed by atoms with Gasteiger partial charge in [-0.1, -0.05) is 27.5 Å². The highest BCUT2D eigenvalue weighted by molar-refractivity contribution is 9.10. The van der Waals surface area contributed by atoms with Crippen LogP contribution in [-0.2, 0) is 4.79 Å². The van der Waals surface area contributed by atoms with Crippen molar-refractivity contribution in [1.82, 2.24) is 16.2 Å². The number of carbonyl (C=O) groups is 2. The van der Waals surface area contributed by atoms with Crippen LogP contribution in [0.2, 0.25) is 5.02 Å². The molecule has 0 unspecified atom stereocenters. The summed E-state index contributed by atoms with van der Waals surface area (Å²) in [7, 11) is 0. The average molecular weight is 566 g/mol. The largest absolute Gasteiger partial charge is 0.493 e. The van der Waals surface area contributed by atoms with Crippen molar-refractivity contribution in [3.63, 3.8) is 0 Å². The van der Waals surface area contributed by atoms with Gasteiger partial charge >= 0.3 is 0 Å². The van der Waals surface area contributed by atoms with Crippen molar-refractivity contribution >= 4 is 72.6 Å². The van der Waals surface area contributed by atoms with Gasteiger partial charge in [0.15, 0.2) is 11.7 Å². The highest BCUT2D eigenvalue weighted by Gasteiger charge is 2.12. The first kappa shape index (κ1) is 23.4. The van der Waals surface area contributed by atoms with Gasteiger partial charge in [-0.05, 0) is 71.5 Å². The zero-order valence-electron chi connectivity index (χ0n) is 15.1. The van der Waals surface area contributed by atoms with E-state index in [9.17, 15) is 9.59 Å². The maximum absolute atomic E-state index is 12.2. The molecule has 0 saturated heterocycles. The van der Waals surface area contributed by atoms with E-state index in [4.69, 9.17) is 33.3 Å². The van der Waals surface area contributed by atoms with Gasteiger partial charge < -0.3 is 9.47 Å². The Morgan fingerprint density at radius 2 is 1.79 bits per heavy atom. The monoisotopic (exact) mass is 563 g/mol. The summed E-state index contributed by atoms with van der Waals surface area (Å²) in [4.78, 5) is 24.1.